The van der Waals surface area contributed by atoms with Crippen molar-refractivity contribution in [2.24, 2.45) is 0 Å². The first-order chi connectivity index (χ1) is 11.4. The molecule has 24 heavy (non-hydrogen) atoms. The number of benzene rings is 1. The highest BCUT2D eigenvalue weighted by molar-refractivity contribution is 5.95. The number of aromatic nitrogens is 2. The van der Waals surface area contributed by atoms with E-state index in [1.54, 1.807) is 6.92 Å². The fourth-order valence-electron chi connectivity index (χ4n) is 2.67. The molecule has 0 bridgehead atoms. The molecule has 5 nitrogen and oxygen atoms in total. The summed E-state index contributed by atoms with van der Waals surface area (Å²) in [6.45, 7) is 1.18. The van der Waals surface area contributed by atoms with E-state index in [0.29, 0.717) is 11.3 Å². The summed E-state index contributed by atoms with van der Waals surface area (Å²) in [5.41, 5.74) is 2.26. The van der Waals surface area contributed by atoms with Crippen molar-refractivity contribution in [1.29, 1.82) is 0 Å². The van der Waals surface area contributed by atoms with Crippen LogP contribution in [-0.4, -0.2) is 53.0 Å². The number of nitrogens with one attached hydrogen (secondary N) is 1. The van der Waals surface area contributed by atoms with Crippen LogP contribution in [0.4, 0.5) is 13.2 Å². The van der Waals surface area contributed by atoms with Gasteiger partial charge in [0.1, 0.15) is 5.69 Å². The van der Waals surface area contributed by atoms with Crippen LogP contribution in [0.5, 0.6) is 0 Å². The fourth-order valence-corrected chi connectivity index (χ4v) is 2.67. The SMILES string of the molecule is Cc1c(-c2ccccc2)n[nH]c1C(=O)N1CCOC(C(F)(F)F)C1. The van der Waals surface area contributed by atoms with Crippen molar-refractivity contribution in [3.05, 3.63) is 41.6 Å². The Morgan fingerprint density at radius 2 is 2.04 bits per heavy atom. The lowest BCUT2D eigenvalue weighted by Crippen LogP contribution is -2.51. The van der Waals surface area contributed by atoms with Crippen molar-refractivity contribution in [2.75, 3.05) is 19.7 Å². The molecule has 1 saturated heterocycles. The van der Waals surface area contributed by atoms with Gasteiger partial charge < -0.3 is 9.64 Å². The van der Waals surface area contributed by atoms with E-state index in [-0.39, 0.29) is 18.8 Å². The summed E-state index contributed by atoms with van der Waals surface area (Å²) in [6, 6.07) is 9.27. The Bertz CT molecular complexity index is 728. The van der Waals surface area contributed by atoms with Crippen LogP contribution in [0.15, 0.2) is 30.3 Å². The van der Waals surface area contributed by atoms with E-state index in [4.69, 9.17) is 4.74 Å². The van der Waals surface area contributed by atoms with E-state index in [0.717, 1.165) is 10.5 Å². The van der Waals surface area contributed by atoms with Crippen molar-refractivity contribution in [2.45, 2.75) is 19.2 Å². The smallest absolute Gasteiger partial charge is 0.365 e. The maximum Gasteiger partial charge on any atom is 0.416 e. The number of aromatic amines is 1. The molecule has 0 radical (unpaired) electrons. The number of alkyl halides is 3. The summed E-state index contributed by atoms with van der Waals surface area (Å²) in [5.74, 6) is -0.500. The van der Waals surface area contributed by atoms with Crippen LogP contribution in [0.3, 0.4) is 0 Å². The minimum Gasteiger partial charge on any atom is -0.365 e. The maximum absolute atomic E-state index is 12.8. The molecule has 0 spiro atoms. The molecule has 8 heteroatoms. The number of H-pyrrole nitrogens is 1. The number of nitrogens with zero attached hydrogens (tertiary/aromatic N) is 2. The van der Waals surface area contributed by atoms with Crippen LogP contribution in [-0.2, 0) is 4.74 Å². The zero-order chi connectivity index (χ0) is 17.3. The molecule has 1 N–H and O–H groups in total. The quantitative estimate of drug-likeness (QED) is 0.915. The van der Waals surface area contributed by atoms with Gasteiger partial charge in [-0.25, -0.2) is 0 Å². The van der Waals surface area contributed by atoms with Gasteiger partial charge in [0.05, 0.1) is 18.8 Å². The number of amides is 1. The normalized spacial score (nSPS) is 18.7. The summed E-state index contributed by atoms with van der Waals surface area (Å²) in [4.78, 5) is 13.7. The second kappa shape index (κ2) is 6.27. The highest BCUT2D eigenvalue weighted by atomic mass is 19.4. The molecule has 3 rings (SSSR count). The van der Waals surface area contributed by atoms with E-state index < -0.39 is 24.7 Å². The third-order valence-electron chi connectivity index (χ3n) is 3.99. The number of hydrogen-bond donors (Lipinski definition) is 1. The molecule has 1 aromatic heterocycles. The number of morpholine rings is 1. The predicted octanol–water partition coefficient (Wildman–Crippen LogP) is 2.79. The Morgan fingerprint density at radius 3 is 2.71 bits per heavy atom. The van der Waals surface area contributed by atoms with Gasteiger partial charge in [-0.05, 0) is 6.92 Å². The minimum atomic E-state index is -4.49. The summed E-state index contributed by atoms with van der Waals surface area (Å²) >= 11 is 0. The standard InChI is InChI=1S/C16H16F3N3O2/c1-10-13(11-5-3-2-4-6-11)20-21-14(10)15(23)22-7-8-24-12(9-22)16(17,18)19/h2-6,12H,7-9H2,1H3,(H,20,21). The Kier molecular flexibility index (Phi) is 4.31. The number of ether oxygens (including phenoxy) is 1. The van der Waals surface area contributed by atoms with Gasteiger partial charge in [-0.15, -0.1) is 0 Å². The molecule has 2 aromatic rings. The first-order valence-electron chi connectivity index (χ1n) is 7.46. The van der Waals surface area contributed by atoms with E-state index in [2.05, 4.69) is 10.2 Å². The largest absolute Gasteiger partial charge is 0.416 e. The molecule has 128 valence electrons. The van der Waals surface area contributed by atoms with Gasteiger partial charge in [-0.3, -0.25) is 9.89 Å². The van der Waals surface area contributed by atoms with E-state index in [1.807, 2.05) is 30.3 Å². The van der Waals surface area contributed by atoms with Crippen molar-refractivity contribution in [3.63, 3.8) is 0 Å². The van der Waals surface area contributed by atoms with Crippen molar-refractivity contribution < 1.29 is 22.7 Å². The van der Waals surface area contributed by atoms with Crippen LogP contribution < -0.4 is 0 Å². The van der Waals surface area contributed by atoms with Gasteiger partial charge >= 0.3 is 6.18 Å². The summed E-state index contributed by atoms with van der Waals surface area (Å²) in [7, 11) is 0. The molecule has 1 aliphatic heterocycles. The molecule has 1 aliphatic rings. The first-order valence-corrected chi connectivity index (χ1v) is 7.46. The summed E-state index contributed by atoms with van der Waals surface area (Å²) < 4.78 is 43.1. The van der Waals surface area contributed by atoms with Crippen LogP contribution >= 0.6 is 0 Å². The number of rotatable bonds is 2. The second-order valence-electron chi connectivity index (χ2n) is 5.59. The van der Waals surface area contributed by atoms with Crippen LogP contribution in [0.2, 0.25) is 0 Å². The van der Waals surface area contributed by atoms with Gasteiger partial charge in [0.2, 0.25) is 0 Å². The van der Waals surface area contributed by atoms with Gasteiger partial charge in [0, 0.05) is 17.7 Å². The average Bonchev–Trinajstić information content (AvgIpc) is 2.96. The predicted molar refractivity (Wildman–Crippen MR) is 80.5 cm³/mol. The highest BCUT2D eigenvalue weighted by Gasteiger charge is 2.44. The Morgan fingerprint density at radius 1 is 1.33 bits per heavy atom. The lowest BCUT2D eigenvalue weighted by Gasteiger charge is -2.33. The average molecular weight is 339 g/mol. The monoisotopic (exact) mass is 339 g/mol. The van der Waals surface area contributed by atoms with Gasteiger partial charge in [0.25, 0.3) is 5.91 Å². The number of hydrogen-bond acceptors (Lipinski definition) is 3. The molecule has 0 aliphatic carbocycles. The van der Waals surface area contributed by atoms with E-state index in [9.17, 15) is 18.0 Å². The van der Waals surface area contributed by atoms with Crippen LogP contribution in [0.25, 0.3) is 11.3 Å². The number of halogens is 3. The van der Waals surface area contributed by atoms with Crippen LogP contribution in [0.1, 0.15) is 16.1 Å². The fraction of sp³-hybridized carbons (Fsp3) is 0.375. The van der Waals surface area contributed by atoms with Gasteiger partial charge in [-0.2, -0.15) is 18.3 Å². The zero-order valence-electron chi connectivity index (χ0n) is 12.9. The zero-order valence-corrected chi connectivity index (χ0v) is 12.9. The molecule has 1 unspecified atom stereocenters. The molecule has 1 fully saturated rings. The molecule has 1 aromatic carbocycles. The van der Waals surface area contributed by atoms with Crippen LogP contribution in [0, 0.1) is 6.92 Å². The lowest BCUT2D eigenvalue weighted by atomic mass is 10.1. The highest BCUT2D eigenvalue weighted by Crippen LogP contribution is 2.28. The molecule has 1 atom stereocenters. The molecule has 2 heterocycles. The minimum absolute atomic E-state index is 0.116. The number of carbonyl (C=O) groups is 1. The van der Waals surface area contributed by atoms with Gasteiger partial charge in [0.15, 0.2) is 6.10 Å². The molecular formula is C16H16F3N3O2. The van der Waals surface area contributed by atoms with E-state index in [1.165, 1.54) is 0 Å². The van der Waals surface area contributed by atoms with Gasteiger partial charge in [-0.1, -0.05) is 30.3 Å². The van der Waals surface area contributed by atoms with Crippen molar-refractivity contribution in [1.82, 2.24) is 15.1 Å². The third kappa shape index (κ3) is 3.14. The Hall–Kier alpha value is -2.35. The summed E-state index contributed by atoms with van der Waals surface area (Å²) in [6.07, 6.45) is -6.44. The third-order valence-corrected chi connectivity index (χ3v) is 3.99. The Labute approximate surface area is 136 Å². The van der Waals surface area contributed by atoms with Crippen molar-refractivity contribution >= 4 is 5.91 Å². The molecular weight excluding hydrogens is 323 g/mol. The van der Waals surface area contributed by atoms with Crippen molar-refractivity contribution in [3.8, 4) is 11.3 Å². The second-order valence-corrected chi connectivity index (χ2v) is 5.59. The molecule has 0 saturated carbocycles. The maximum atomic E-state index is 12.8. The number of carbonyl (C=O) groups excluding carboxylic acids is 1. The topological polar surface area (TPSA) is 58.2 Å². The summed E-state index contributed by atoms with van der Waals surface area (Å²) in [5, 5.41) is 6.80. The lowest BCUT2D eigenvalue weighted by molar-refractivity contribution is -0.233. The Balaban J connectivity index is 1.82. The van der Waals surface area contributed by atoms with E-state index >= 15 is 0 Å². The molecule has 1 amide bonds. The first kappa shape index (κ1) is 16.5.